The minimum Gasteiger partial charge on any atom is -0.374 e. The van der Waals surface area contributed by atoms with Gasteiger partial charge in [0, 0.05) is 18.0 Å². The number of hydrogen-bond acceptors (Lipinski definition) is 10. The summed E-state index contributed by atoms with van der Waals surface area (Å²) in [7, 11) is 0. The molecule has 4 N–H and O–H groups in total. The molecule has 0 fully saturated rings. The van der Waals surface area contributed by atoms with Gasteiger partial charge < -0.3 is 16.5 Å². The van der Waals surface area contributed by atoms with E-state index in [9.17, 15) is 0 Å². The third-order valence-electron chi connectivity index (χ3n) is 2.00. The predicted molar refractivity (Wildman–Crippen MR) is 85.5 cm³/mol. The van der Waals surface area contributed by atoms with Crippen LogP contribution < -0.4 is 11.1 Å². The minimum atomic E-state index is 0.394. The van der Waals surface area contributed by atoms with Crippen LogP contribution in [0.25, 0.3) is 5.57 Å². The molecule has 104 valence electrons. The minimum absolute atomic E-state index is 0.394. The summed E-state index contributed by atoms with van der Waals surface area (Å²) in [4.78, 5) is 0. The average Bonchev–Trinajstić information content (AvgIpc) is 3.06. The van der Waals surface area contributed by atoms with Crippen molar-refractivity contribution in [1.29, 1.82) is 5.41 Å². The summed E-state index contributed by atoms with van der Waals surface area (Å²) >= 11 is 4.28. The normalized spacial score (nSPS) is 11.9. The Bertz CT molecular complexity index is 643. The molecule has 0 aliphatic heterocycles. The Morgan fingerprint density at radius 3 is 2.75 bits per heavy atom. The SMILES string of the molecule is CSc1nnc(N/C=C\C(=C/C=N)c2nnc(N)s2)s1. The van der Waals surface area contributed by atoms with Crippen LogP contribution in [0.1, 0.15) is 5.01 Å². The summed E-state index contributed by atoms with van der Waals surface area (Å²) in [6, 6.07) is 0. The molecule has 2 heterocycles. The van der Waals surface area contributed by atoms with Gasteiger partial charge >= 0.3 is 0 Å². The molecule has 0 aliphatic rings. The van der Waals surface area contributed by atoms with Crippen molar-refractivity contribution in [3.05, 3.63) is 23.4 Å². The van der Waals surface area contributed by atoms with Gasteiger partial charge in [0.1, 0.15) is 5.01 Å². The summed E-state index contributed by atoms with van der Waals surface area (Å²) < 4.78 is 0.896. The van der Waals surface area contributed by atoms with Crippen molar-refractivity contribution in [2.24, 2.45) is 0 Å². The van der Waals surface area contributed by atoms with Gasteiger partial charge in [0.05, 0.1) is 0 Å². The number of nitrogen functional groups attached to an aromatic ring is 1. The molecule has 2 aromatic rings. The lowest BCUT2D eigenvalue weighted by atomic mass is 10.2. The molecule has 20 heavy (non-hydrogen) atoms. The Balaban J connectivity index is 2.06. The number of nitrogens with two attached hydrogens (primary N) is 1. The highest BCUT2D eigenvalue weighted by Gasteiger charge is 2.05. The number of hydrogen-bond donors (Lipinski definition) is 3. The maximum Gasteiger partial charge on any atom is 0.210 e. The average molecular weight is 325 g/mol. The first-order valence-electron chi connectivity index (χ1n) is 5.33. The zero-order valence-corrected chi connectivity index (χ0v) is 12.8. The quantitative estimate of drug-likeness (QED) is 0.424. The summed E-state index contributed by atoms with van der Waals surface area (Å²) in [6.45, 7) is 0. The van der Waals surface area contributed by atoms with Crippen LogP contribution in [-0.2, 0) is 0 Å². The van der Waals surface area contributed by atoms with Gasteiger partial charge in [0.25, 0.3) is 0 Å². The van der Waals surface area contributed by atoms with Crippen LogP contribution in [0.15, 0.2) is 22.7 Å². The monoisotopic (exact) mass is 325 g/mol. The standard InChI is InChI=1S/C10H11N7S3/c1-18-10-17-16-9(20-10)13-5-3-6(2-4-11)7-14-15-8(12)19-7/h2-5,11H,1H3,(H2,12,15)(H,13,16)/b5-3-,6-2+,11-4?. The van der Waals surface area contributed by atoms with Crippen molar-refractivity contribution in [2.75, 3.05) is 17.3 Å². The number of nitrogens with one attached hydrogen (secondary N) is 2. The summed E-state index contributed by atoms with van der Waals surface area (Å²) in [5, 5.41) is 27.6. The fraction of sp³-hybridized carbons (Fsp3) is 0.100. The molecule has 0 atom stereocenters. The van der Waals surface area contributed by atoms with Crippen molar-refractivity contribution in [1.82, 2.24) is 20.4 Å². The Morgan fingerprint density at radius 1 is 1.30 bits per heavy atom. The van der Waals surface area contributed by atoms with Crippen molar-refractivity contribution in [3.8, 4) is 0 Å². The largest absolute Gasteiger partial charge is 0.374 e. The zero-order chi connectivity index (χ0) is 14.4. The van der Waals surface area contributed by atoms with E-state index in [1.54, 1.807) is 30.1 Å². The number of anilines is 2. The number of rotatable bonds is 6. The lowest BCUT2D eigenvalue weighted by Gasteiger charge is -1.95. The Hall–Kier alpha value is -1.78. The van der Waals surface area contributed by atoms with Gasteiger partial charge in [0.2, 0.25) is 10.3 Å². The van der Waals surface area contributed by atoms with E-state index in [0.717, 1.165) is 9.91 Å². The molecule has 0 aromatic carbocycles. The highest BCUT2D eigenvalue weighted by molar-refractivity contribution is 8.00. The third-order valence-corrected chi connectivity index (χ3v) is 4.63. The van der Waals surface area contributed by atoms with E-state index < -0.39 is 0 Å². The van der Waals surface area contributed by atoms with E-state index in [0.29, 0.717) is 15.3 Å². The van der Waals surface area contributed by atoms with Gasteiger partial charge in [-0.05, 0) is 18.4 Å². The van der Waals surface area contributed by atoms with Crippen LogP contribution in [0.5, 0.6) is 0 Å². The van der Waals surface area contributed by atoms with Gasteiger partial charge in [-0.3, -0.25) is 0 Å². The van der Waals surface area contributed by atoms with Crippen LogP contribution in [0.3, 0.4) is 0 Å². The second kappa shape index (κ2) is 7.12. The maximum atomic E-state index is 7.16. The van der Waals surface area contributed by atoms with Crippen LogP contribution in [0.2, 0.25) is 0 Å². The van der Waals surface area contributed by atoms with Gasteiger partial charge in [0.15, 0.2) is 4.34 Å². The molecular weight excluding hydrogens is 314 g/mol. The third kappa shape index (κ3) is 3.85. The number of aromatic nitrogens is 4. The molecule has 0 saturated carbocycles. The first-order valence-corrected chi connectivity index (χ1v) is 8.19. The fourth-order valence-electron chi connectivity index (χ4n) is 1.19. The summed E-state index contributed by atoms with van der Waals surface area (Å²) in [5.41, 5.74) is 6.30. The Morgan fingerprint density at radius 2 is 2.15 bits per heavy atom. The molecule has 7 nitrogen and oxygen atoms in total. The molecule has 0 unspecified atom stereocenters. The fourth-order valence-corrected chi connectivity index (χ4v) is 2.96. The first-order chi connectivity index (χ1) is 9.72. The predicted octanol–water partition coefficient (Wildman–Crippen LogP) is 2.35. The summed E-state index contributed by atoms with van der Waals surface area (Å²) in [5.74, 6) is 0. The van der Waals surface area contributed by atoms with Gasteiger partial charge in [-0.2, -0.15) is 0 Å². The molecular formula is C10H11N7S3. The Kier molecular flexibility index (Phi) is 5.21. The molecule has 0 radical (unpaired) electrons. The van der Waals surface area contributed by atoms with E-state index in [1.807, 2.05) is 6.26 Å². The topological polar surface area (TPSA) is 113 Å². The van der Waals surface area contributed by atoms with Crippen LogP contribution in [0.4, 0.5) is 10.3 Å². The molecule has 0 bridgehead atoms. The zero-order valence-electron chi connectivity index (χ0n) is 10.4. The molecule has 0 saturated heterocycles. The number of allylic oxidation sites excluding steroid dienone is 3. The lowest BCUT2D eigenvalue weighted by molar-refractivity contribution is 1.02. The van der Waals surface area contributed by atoms with Gasteiger partial charge in [-0.25, -0.2) is 0 Å². The van der Waals surface area contributed by atoms with Crippen molar-refractivity contribution >= 4 is 56.5 Å². The van der Waals surface area contributed by atoms with Crippen LogP contribution in [-0.4, -0.2) is 32.9 Å². The smallest absolute Gasteiger partial charge is 0.210 e. The van der Waals surface area contributed by atoms with Crippen molar-refractivity contribution < 1.29 is 0 Å². The van der Waals surface area contributed by atoms with E-state index in [1.165, 1.54) is 28.9 Å². The lowest BCUT2D eigenvalue weighted by Crippen LogP contribution is -1.88. The Labute approximate surface area is 127 Å². The number of thioether (sulfide) groups is 1. The molecule has 0 amide bonds. The van der Waals surface area contributed by atoms with E-state index >= 15 is 0 Å². The molecule has 0 spiro atoms. The molecule has 2 rings (SSSR count). The maximum absolute atomic E-state index is 7.16. The van der Waals surface area contributed by atoms with E-state index in [4.69, 9.17) is 11.1 Å². The van der Waals surface area contributed by atoms with Crippen molar-refractivity contribution in [3.63, 3.8) is 0 Å². The molecule has 0 aliphatic carbocycles. The van der Waals surface area contributed by atoms with Crippen LogP contribution in [0, 0.1) is 5.41 Å². The second-order valence-electron chi connectivity index (χ2n) is 3.29. The van der Waals surface area contributed by atoms with E-state index in [-0.39, 0.29) is 0 Å². The second-order valence-corrected chi connectivity index (χ2v) is 6.33. The highest BCUT2D eigenvalue weighted by Crippen LogP contribution is 2.24. The molecule has 2 aromatic heterocycles. The summed E-state index contributed by atoms with van der Waals surface area (Å²) in [6.07, 6.45) is 8.26. The van der Waals surface area contributed by atoms with E-state index in [2.05, 4.69) is 25.7 Å². The van der Waals surface area contributed by atoms with Gasteiger partial charge in [-0.1, -0.05) is 34.4 Å². The van der Waals surface area contributed by atoms with Crippen LogP contribution >= 0.6 is 34.4 Å². The van der Waals surface area contributed by atoms with Gasteiger partial charge in [-0.15, -0.1) is 20.4 Å². The van der Waals surface area contributed by atoms with Crippen molar-refractivity contribution in [2.45, 2.75) is 4.34 Å². The number of nitrogens with zero attached hydrogens (tertiary/aromatic N) is 4. The highest BCUT2D eigenvalue weighted by atomic mass is 32.2. The first kappa shape index (κ1) is 14.6. The molecule has 10 heteroatoms.